The van der Waals surface area contributed by atoms with Gasteiger partial charge < -0.3 is 19.2 Å². The van der Waals surface area contributed by atoms with Crippen LogP contribution in [0.15, 0.2) is 48.7 Å². The van der Waals surface area contributed by atoms with Gasteiger partial charge in [-0.1, -0.05) is 18.2 Å². The average Bonchev–Trinajstić information content (AvgIpc) is 2.96. The number of hydrogen-bond acceptors (Lipinski definition) is 5. The van der Waals surface area contributed by atoms with Gasteiger partial charge in [0.1, 0.15) is 0 Å². The van der Waals surface area contributed by atoms with Gasteiger partial charge in [-0.25, -0.2) is 4.79 Å². The van der Waals surface area contributed by atoms with Crippen molar-refractivity contribution in [3.63, 3.8) is 0 Å². The van der Waals surface area contributed by atoms with Crippen molar-refractivity contribution in [1.29, 1.82) is 0 Å². The van der Waals surface area contributed by atoms with Crippen molar-refractivity contribution in [3.05, 3.63) is 59.8 Å². The Morgan fingerprint density at radius 3 is 2.73 bits per heavy atom. The Morgan fingerprint density at radius 2 is 1.85 bits per heavy atom. The summed E-state index contributed by atoms with van der Waals surface area (Å²) >= 11 is 0. The van der Waals surface area contributed by atoms with E-state index in [4.69, 9.17) is 14.2 Å². The second-order valence-corrected chi connectivity index (χ2v) is 5.96. The van der Waals surface area contributed by atoms with Crippen molar-refractivity contribution in [2.75, 3.05) is 19.8 Å². The van der Waals surface area contributed by atoms with E-state index < -0.39 is 5.97 Å². The first-order valence-corrected chi connectivity index (χ1v) is 8.38. The third-order valence-electron chi connectivity index (χ3n) is 4.21. The fourth-order valence-electron chi connectivity index (χ4n) is 2.87. The number of Topliss-reactive ketones (excluding diaryl/α,β-unsaturated/α-hetero) is 1. The lowest BCUT2D eigenvalue weighted by Gasteiger charge is -2.09. The summed E-state index contributed by atoms with van der Waals surface area (Å²) in [5, 5.41) is 0.764. The maximum absolute atomic E-state index is 12.4. The highest BCUT2D eigenvalue weighted by molar-refractivity contribution is 6.05. The molecule has 2 heterocycles. The quantitative estimate of drug-likeness (QED) is 0.576. The fourth-order valence-corrected chi connectivity index (χ4v) is 2.87. The van der Waals surface area contributed by atoms with Crippen LogP contribution in [0.25, 0.3) is 10.9 Å². The van der Waals surface area contributed by atoms with Gasteiger partial charge in [0, 0.05) is 29.1 Å². The molecule has 3 aromatic rings. The van der Waals surface area contributed by atoms with Gasteiger partial charge in [0.15, 0.2) is 23.9 Å². The van der Waals surface area contributed by atoms with Crippen molar-refractivity contribution >= 4 is 22.7 Å². The number of para-hydroxylation sites is 1. The molecule has 4 rings (SSSR count). The molecule has 0 bridgehead atoms. The molecule has 1 aliphatic rings. The number of benzene rings is 2. The first-order valence-electron chi connectivity index (χ1n) is 8.38. The Bertz CT molecular complexity index is 975. The van der Waals surface area contributed by atoms with Crippen LogP contribution in [0.1, 0.15) is 27.1 Å². The lowest BCUT2D eigenvalue weighted by Crippen LogP contribution is -2.14. The van der Waals surface area contributed by atoms with Crippen LogP contribution in [0.5, 0.6) is 11.5 Å². The summed E-state index contributed by atoms with van der Waals surface area (Å²) in [6.45, 7) is 0.792. The highest BCUT2D eigenvalue weighted by Gasteiger charge is 2.17. The maximum Gasteiger partial charge on any atom is 0.340 e. The Morgan fingerprint density at radius 1 is 1.04 bits per heavy atom. The molecule has 0 amide bonds. The van der Waals surface area contributed by atoms with E-state index in [0.717, 1.165) is 17.3 Å². The summed E-state index contributed by atoms with van der Waals surface area (Å²) in [5.74, 6) is 0.324. The van der Waals surface area contributed by atoms with Crippen molar-refractivity contribution in [2.45, 2.75) is 6.42 Å². The van der Waals surface area contributed by atoms with E-state index in [2.05, 4.69) is 4.98 Å². The summed E-state index contributed by atoms with van der Waals surface area (Å²) in [5.41, 5.74) is 1.67. The highest BCUT2D eigenvalue weighted by atomic mass is 16.5. The minimum absolute atomic E-state index is 0.297. The standard InChI is InChI=1S/C20H17NO5/c22-17(13-6-7-18-19(10-13)25-9-3-8-24-18)12-26-20(23)15-11-21-16-5-2-1-4-14(15)16/h1-2,4-7,10-11,21H,3,8-9,12H2. The third-order valence-corrected chi connectivity index (χ3v) is 4.21. The largest absolute Gasteiger partial charge is 0.490 e. The lowest BCUT2D eigenvalue weighted by atomic mass is 10.1. The van der Waals surface area contributed by atoms with Crippen LogP contribution < -0.4 is 9.47 Å². The van der Waals surface area contributed by atoms with Gasteiger partial charge in [-0.15, -0.1) is 0 Å². The molecule has 1 N–H and O–H groups in total. The van der Waals surface area contributed by atoms with E-state index in [1.165, 1.54) is 0 Å². The molecule has 132 valence electrons. The molecule has 0 saturated carbocycles. The topological polar surface area (TPSA) is 77.6 Å². The minimum atomic E-state index is -0.537. The van der Waals surface area contributed by atoms with Crippen LogP contribution in [-0.4, -0.2) is 36.6 Å². The molecule has 1 aromatic heterocycles. The molecule has 0 radical (unpaired) electrons. The van der Waals surface area contributed by atoms with E-state index in [0.29, 0.717) is 35.8 Å². The molecule has 0 aliphatic carbocycles. The molecule has 0 spiro atoms. The van der Waals surface area contributed by atoms with Gasteiger partial charge in [-0.05, 0) is 24.3 Å². The van der Waals surface area contributed by atoms with Crippen LogP contribution in [0.3, 0.4) is 0 Å². The molecular formula is C20H17NO5. The Labute approximate surface area is 149 Å². The second-order valence-electron chi connectivity index (χ2n) is 5.96. The molecule has 0 saturated heterocycles. The van der Waals surface area contributed by atoms with Gasteiger partial charge in [0.05, 0.1) is 18.8 Å². The Balaban J connectivity index is 1.45. The smallest absolute Gasteiger partial charge is 0.340 e. The number of aromatic amines is 1. The van der Waals surface area contributed by atoms with Crippen molar-refractivity contribution in [2.24, 2.45) is 0 Å². The molecule has 0 unspecified atom stereocenters. The van der Waals surface area contributed by atoms with Crippen molar-refractivity contribution < 1.29 is 23.8 Å². The van der Waals surface area contributed by atoms with Crippen molar-refractivity contribution in [1.82, 2.24) is 4.98 Å². The van der Waals surface area contributed by atoms with E-state index >= 15 is 0 Å². The number of rotatable bonds is 4. The summed E-state index contributed by atoms with van der Waals surface area (Å²) in [7, 11) is 0. The van der Waals surface area contributed by atoms with Gasteiger partial charge in [-0.2, -0.15) is 0 Å². The fraction of sp³-hybridized carbons (Fsp3) is 0.200. The van der Waals surface area contributed by atoms with Crippen molar-refractivity contribution in [3.8, 4) is 11.5 Å². The number of ketones is 1. The van der Waals surface area contributed by atoms with Crippen LogP contribution >= 0.6 is 0 Å². The number of aromatic nitrogens is 1. The monoisotopic (exact) mass is 351 g/mol. The summed E-state index contributed by atoms with van der Waals surface area (Å²) in [4.78, 5) is 27.7. The zero-order chi connectivity index (χ0) is 17.9. The molecule has 0 fully saturated rings. The van der Waals surface area contributed by atoms with E-state index in [1.54, 1.807) is 24.4 Å². The number of fused-ring (bicyclic) bond motifs is 2. The van der Waals surface area contributed by atoms with Gasteiger partial charge >= 0.3 is 5.97 Å². The molecule has 0 atom stereocenters. The predicted octanol–water partition coefficient (Wildman–Crippen LogP) is 3.37. The van der Waals surface area contributed by atoms with E-state index in [1.807, 2.05) is 24.3 Å². The second kappa shape index (κ2) is 6.92. The van der Waals surface area contributed by atoms with Crippen LogP contribution in [0, 0.1) is 0 Å². The number of esters is 1. The number of nitrogens with one attached hydrogen (secondary N) is 1. The summed E-state index contributed by atoms with van der Waals surface area (Å²) < 4.78 is 16.3. The number of H-pyrrole nitrogens is 1. The molecule has 1 aliphatic heterocycles. The number of carbonyl (C=O) groups is 2. The van der Waals surface area contributed by atoms with Gasteiger partial charge in [-0.3, -0.25) is 4.79 Å². The van der Waals surface area contributed by atoms with Crippen LogP contribution in [-0.2, 0) is 4.74 Å². The van der Waals surface area contributed by atoms with E-state index in [9.17, 15) is 9.59 Å². The normalized spacial score (nSPS) is 13.2. The van der Waals surface area contributed by atoms with E-state index in [-0.39, 0.29) is 12.4 Å². The number of carbonyl (C=O) groups excluding carboxylic acids is 2. The minimum Gasteiger partial charge on any atom is -0.490 e. The summed E-state index contributed by atoms with van der Waals surface area (Å²) in [6.07, 6.45) is 2.38. The maximum atomic E-state index is 12.4. The SMILES string of the molecule is O=C(COC(=O)c1c[nH]c2ccccc12)c1ccc2c(c1)OCCCO2. The average molecular weight is 351 g/mol. The highest BCUT2D eigenvalue weighted by Crippen LogP contribution is 2.30. The molecule has 2 aromatic carbocycles. The zero-order valence-corrected chi connectivity index (χ0v) is 14.0. The lowest BCUT2D eigenvalue weighted by molar-refractivity contribution is 0.0476. The first kappa shape index (κ1) is 16.2. The molecule has 6 nitrogen and oxygen atoms in total. The Kier molecular flexibility index (Phi) is 4.31. The Hall–Kier alpha value is -3.28. The number of hydrogen-bond donors (Lipinski definition) is 1. The third kappa shape index (κ3) is 3.13. The first-order chi connectivity index (χ1) is 12.7. The zero-order valence-electron chi connectivity index (χ0n) is 14.0. The predicted molar refractivity (Wildman–Crippen MR) is 95.0 cm³/mol. The molecule has 26 heavy (non-hydrogen) atoms. The molecular weight excluding hydrogens is 334 g/mol. The van der Waals surface area contributed by atoms with Crippen LogP contribution in [0.2, 0.25) is 0 Å². The molecule has 6 heteroatoms. The summed E-state index contributed by atoms with van der Waals surface area (Å²) in [6, 6.07) is 12.4. The van der Waals surface area contributed by atoms with Crippen LogP contribution in [0.4, 0.5) is 0 Å². The number of ether oxygens (including phenoxy) is 3. The van der Waals surface area contributed by atoms with Gasteiger partial charge in [0.25, 0.3) is 0 Å². The van der Waals surface area contributed by atoms with Gasteiger partial charge in [0.2, 0.25) is 0 Å².